The van der Waals surface area contributed by atoms with E-state index in [1.807, 2.05) is 13.8 Å². The second kappa shape index (κ2) is 3.29. The molecule has 0 unspecified atom stereocenters. The molecule has 0 atom stereocenters. The number of hydrogen-bond donors (Lipinski definition) is 4. The molecular weight excluding hydrogens is 160 g/mol. The molecular formula is C6H12N4O2. The van der Waals surface area contributed by atoms with Crippen molar-refractivity contribution in [1.29, 1.82) is 0 Å². The van der Waals surface area contributed by atoms with Gasteiger partial charge in [0.2, 0.25) is 0 Å². The van der Waals surface area contributed by atoms with E-state index in [9.17, 15) is 9.59 Å². The maximum Gasteiger partial charge on any atom is 0.335 e. The third-order valence-corrected chi connectivity index (χ3v) is 1.53. The predicted octanol–water partition coefficient (Wildman–Crippen LogP) is -0.504. The third kappa shape index (κ3) is 2.01. The van der Waals surface area contributed by atoms with Crippen LogP contribution in [0.15, 0.2) is 0 Å². The minimum absolute atomic E-state index is 0.152. The molecule has 4 amide bonds. The normalized spacial score (nSPS) is 18.9. The van der Waals surface area contributed by atoms with Gasteiger partial charge in [-0.3, -0.25) is 0 Å². The molecule has 0 aliphatic carbocycles. The molecule has 1 fully saturated rings. The van der Waals surface area contributed by atoms with E-state index < -0.39 is 12.1 Å². The summed E-state index contributed by atoms with van der Waals surface area (Å²) in [6.45, 7) is 3.80. The van der Waals surface area contributed by atoms with E-state index in [0.29, 0.717) is 0 Å². The van der Waals surface area contributed by atoms with Crippen molar-refractivity contribution >= 4 is 12.1 Å². The van der Waals surface area contributed by atoms with Gasteiger partial charge in [0.05, 0.1) is 0 Å². The minimum Gasteiger partial charge on any atom is -0.316 e. The number of nitrogens with one attached hydrogen (secondary N) is 4. The molecule has 0 spiro atoms. The Morgan fingerprint density at radius 3 is 1.83 bits per heavy atom. The smallest absolute Gasteiger partial charge is 0.316 e. The number of rotatable bonds is 1. The summed E-state index contributed by atoms with van der Waals surface area (Å²) in [7, 11) is 0. The van der Waals surface area contributed by atoms with Gasteiger partial charge in [-0.25, -0.2) is 20.4 Å². The van der Waals surface area contributed by atoms with Crippen LogP contribution in [0.4, 0.5) is 9.59 Å². The van der Waals surface area contributed by atoms with Gasteiger partial charge in [-0.05, 0) is 5.92 Å². The lowest BCUT2D eigenvalue weighted by Gasteiger charge is -2.18. The van der Waals surface area contributed by atoms with E-state index in [1.165, 1.54) is 0 Å². The Morgan fingerprint density at radius 1 is 1.08 bits per heavy atom. The molecule has 6 nitrogen and oxygen atoms in total. The highest BCUT2D eigenvalue weighted by Gasteiger charge is 2.21. The van der Waals surface area contributed by atoms with Crippen molar-refractivity contribution in [2.24, 2.45) is 5.92 Å². The van der Waals surface area contributed by atoms with Crippen molar-refractivity contribution < 1.29 is 9.59 Å². The molecule has 0 aromatic rings. The maximum absolute atomic E-state index is 10.9. The summed E-state index contributed by atoms with van der Waals surface area (Å²) < 4.78 is 0. The quantitative estimate of drug-likeness (QED) is 0.430. The number of amides is 4. The molecule has 4 N–H and O–H groups in total. The standard InChI is InChI=1S/C6H12N4O2/c1-3(2)4-7-5(11)9-10-6(12)8-4/h3-4H,1-2H3,(H2,7,9,11)(H2,8,10,12). The van der Waals surface area contributed by atoms with Crippen LogP contribution in [0.1, 0.15) is 13.8 Å². The van der Waals surface area contributed by atoms with Gasteiger partial charge >= 0.3 is 12.1 Å². The van der Waals surface area contributed by atoms with Crippen LogP contribution in [-0.4, -0.2) is 18.2 Å². The van der Waals surface area contributed by atoms with Gasteiger partial charge in [0.1, 0.15) is 6.17 Å². The van der Waals surface area contributed by atoms with Crippen LogP contribution in [0.25, 0.3) is 0 Å². The summed E-state index contributed by atoms with van der Waals surface area (Å²) in [6, 6.07) is -0.820. The predicted molar refractivity (Wildman–Crippen MR) is 42.0 cm³/mol. The second-order valence-electron chi connectivity index (χ2n) is 2.92. The lowest BCUT2D eigenvalue weighted by atomic mass is 10.1. The summed E-state index contributed by atoms with van der Waals surface area (Å²) in [5.41, 5.74) is 4.33. The first kappa shape index (κ1) is 8.63. The molecule has 0 saturated carbocycles. The Balaban J connectivity index is 2.61. The van der Waals surface area contributed by atoms with Crippen molar-refractivity contribution in [1.82, 2.24) is 21.5 Å². The van der Waals surface area contributed by atoms with Gasteiger partial charge in [-0.15, -0.1) is 0 Å². The van der Waals surface area contributed by atoms with E-state index >= 15 is 0 Å². The van der Waals surface area contributed by atoms with Crippen LogP contribution in [0.5, 0.6) is 0 Å². The topological polar surface area (TPSA) is 82.3 Å². The fraction of sp³-hybridized carbons (Fsp3) is 0.667. The zero-order valence-corrected chi connectivity index (χ0v) is 6.97. The van der Waals surface area contributed by atoms with Crippen LogP contribution in [0.2, 0.25) is 0 Å². The Kier molecular flexibility index (Phi) is 2.37. The van der Waals surface area contributed by atoms with Crippen molar-refractivity contribution in [3.8, 4) is 0 Å². The van der Waals surface area contributed by atoms with Crippen LogP contribution in [0, 0.1) is 5.92 Å². The number of hydrazine groups is 1. The van der Waals surface area contributed by atoms with Crippen LogP contribution in [0.3, 0.4) is 0 Å². The summed E-state index contributed by atoms with van der Waals surface area (Å²) in [5, 5.41) is 5.13. The van der Waals surface area contributed by atoms with Gasteiger partial charge < -0.3 is 10.6 Å². The fourth-order valence-corrected chi connectivity index (χ4v) is 0.838. The number of hydrogen-bond acceptors (Lipinski definition) is 2. The summed E-state index contributed by atoms with van der Waals surface area (Å²) in [6.07, 6.45) is -0.326. The van der Waals surface area contributed by atoms with Gasteiger partial charge in [0.15, 0.2) is 0 Å². The summed E-state index contributed by atoms with van der Waals surface area (Å²) >= 11 is 0. The lowest BCUT2D eigenvalue weighted by molar-refractivity contribution is 0.232. The molecule has 1 heterocycles. The molecule has 0 aromatic heterocycles. The van der Waals surface area contributed by atoms with Crippen LogP contribution >= 0.6 is 0 Å². The average Bonchev–Trinajstić information content (AvgIpc) is 2.13. The lowest BCUT2D eigenvalue weighted by Crippen LogP contribution is -2.48. The first-order valence-electron chi connectivity index (χ1n) is 3.72. The fourth-order valence-electron chi connectivity index (χ4n) is 0.838. The van der Waals surface area contributed by atoms with E-state index in [1.54, 1.807) is 0 Å². The highest BCUT2D eigenvalue weighted by molar-refractivity contribution is 5.82. The van der Waals surface area contributed by atoms with Gasteiger partial charge in [-0.2, -0.15) is 0 Å². The summed E-state index contributed by atoms with van der Waals surface area (Å²) in [4.78, 5) is 21.7. The molecule has 1 saturated heterocycles. The first-order valence-corrected chi connectivity index (χ1v) is 3.72. The Labute approximate surface area is 70.1 Å². The molecule has 68 valence electrons. The second-order valence-corrected chi connectivity index (χ2v) is 2.92. The van der Waals surface area contributed by atoms with Crippen LogP contribution in [-0.2, 0) is 0 Å². The third-order valence-electron chi connectivity index (χ3n) is 1.53. The minimum atomic E-state index is -0.410. The zero-order valence-electron chi connectivity index (χ0n) is 6.97. The number of carbonyl (C=O) groups is 2. The Bertz CT molecular complexity index is 186. The van der Waals surface area contributed by atoms with E-state index in [4.69, 9.17) is 0 Å². The van der Waals surface area contributed by atoms with Crippen molar-refractivity contribution in [3.63, 3.8) is 0 Å². The largest absolute Gasteiger partial charge is 0.335 e. The molecule has 12 heavy (non-hydrogen) atoms. The van der Waals surface area contributed by atoms with Crippen molar-refractivity contribution in [3.05, 3.63) is 0 Å². The molecule has 6 heteroatoms. The van der Waals surface area contributed by atoms with Gasteiger partial charge in [0, 0.05) is 0 Å². The van der Waals surface area contributed by atoms with Gasteiger partial charge in [-0.1, -0.05) is 13.8 Å². The monoisotopic (exact) mass is 172 g/mol. The van der Waals surface area contributed by atoms with E-state index in [0.717, 1.165) is 0 Å². The molecule has 0 aromatic carbocycles. The number of urea groups is 2. The molecule has 1 rings (SSSR count). The molecule has 0 bridgehead atoms. The average molecular weight is 172 g/mol. The number of carbonyl (C=O) groups excluding carboxylic acids is 2. The molecule has 1 aliphatic rings. The molecule has 0 radical (unpaired) electrons. The Morgan fingerprint density at radius 2 is 1.50 bits per heavy atom. The van der Waals surface area contributed by atoms with Crippen molar-refractivity contribution in [2.75, 3.05) is 0 Å². The van der Waals surface area contributed by atoms with E-state index in [-0.39, 0.29) is 12.1 Å². The highest BCUT2D eigenvalue weighted by atomic mass is 16.2. The Hall–Kier alpha value is -1.46. The zero-order chi connectivity index (χ0) is 9.14. The molecule has 1 aliphatic heterocycles. The van der Waals surface area contributed by atoms with Crippen molar-refractivity contribution in [2.45, 2.75) is 20.0 Å². The van der Waals surface area contributed by atoms with Gasteiger partial charge in [0.25, 0.3) is 0 Å². The van der Waals surface area contributed by atoms with Crippen LogP contribution < -0.4 is 21.5 Å². The summed E-state index contributed by atoms with van der Waals surface area (Å²) in [5.74, 6) is 0.152. The highest BCUT2D eigenvalue weighted by Crippen LogP contribution is 1.98. The first-order chi connectivity index (χ1) is 5.59. The maximum atomic E-state index is 10.9. The SMILES string of the molecule is CC(C)C1NC(=O)NNC(=O)N1. The van der Waals surface area contributed by atoms with E-state index in [2.05, 4.69) is 21.5 Å².